The van der Waals surface area contributed by atoms with Gasteiger partial charge < -0.3 is 15.6 Å². The van der Waals surface area contributed by atoms with Crippen molar-refractivity contribution in [2.24, 2.45) is 4.99 Å². The van der Waals surface area contributed by atoms with Gasteiger partial charge in [0.1, 0.15) is 0 Å². The lowest BCUT2D eigenvalue weighted by molar-refractivity contribution is 0.580. The van der Waals surface area contributed by atoms with E-state index in [4.69, 9.17) is 0 Å². The van der Waals surface area contributed by atoms with E-state index in [-0.39, 0.29) is 11.4 Å². The Balaban J connectivity index is 1.41. The number of hydrogen-bond donors (Lipinski definition) is 4. The predicted molar refractivity (Wildman–Crippen MR) is 113 cm³/mol. The largest absolute Gasteiger partial charge is 0.361 e. The molecule has 0 fully saturated rings. The Morgan fingerprint density at radius 2 is 1.68 bits per heavy atom. The number of benzene rings is 2. The van der Waals surface area contributed by atoms with Crippen molar-refractivity contribution in [2.75, 3.05) is 26.7 Å². The Morgan fingerprint density at radius 3 is 2.46 bits per heavy atom. The normalized spacial score (nSPS) is 12.2. The average Bonchev–Trinajstić information content (AvgIpc) is 3.13. The van der Waals surface area contributed by atoms with Crippen molar-refractivity contribution in [3.8, 4) is 0 Å². The van der Waals surface area contributed by atoms with Crippen LogP contribution in [0.5, 0.6) is 0 Å². The van der Waals surface area contributed by atoms with Crippen LogP contribution in [0.1, 0.15) is 5.56 Å². The molecule has 0 saturated carbocycles. The van der Waals surface area contributed by atoms with Crippen molar-refractivity contribution < 1.29 is 8.42 Å². The fraction of sp³-hybridized carbons (Fsp3) is 0.250. The van der Waals surface area contributed by atoms with E-state index < -0.39 is 10.0 Å². The molecule has 148 valence electrons. The van der Waals surface area contributed by atoms with Gasteiger partial charge in [0.15, 0.2) is 5.96 Å². The van der Waals surface area contributed by atoms with Gasteiger partial charge in [0.25, 0.3) is 0 Å². The minimum absolute atomic E-state index is 0.260. The molecule has 0 saturated heterocycles. The highest BCUT2D eigenvalue weighted by molar-refractivity contribution is 7.89. The first-order valence-electron chi connectivity index (χ1n) is 9.14. The molecule has 4 N–H and O–H groups in total. The lowest BCUT2D eigenvalue weighted by Crippen LogP contribution is -2.42. The van der Waals surface area contributed by atoms with Crippen molar-refractivity contribution in [1.29, 1.82) is 0 Å². The van der Waals surface area contributed by atoms with Gasteiger partial charge in [-0.1, -0.05) is 36.4 Å². The number of sulfonamides is 1. The van der Waals surface area contributed by atoms with Crippen molar-refractivity contribution in [1.82, 2.24) is 20.3 Å². The smallest absolute Gasteiger partial charge is 0.240 e. The number of H-pyrrole nitrogens is 1. The molecule has 1 heterocycles. The molecule has 0 bridgehead atoms. The van der Waals surface area contributed by atoms with Gasteiger partial charge in [0.2, 0.25) is 10.0 Å². The number of guanidine groups is 1. The minimum Gasteiger partial charge on any atom is -0.361 e. The summed E-state index contributed by atoms with van der Waals surface area (Å²) in [6.07, 6.45) is 2.88. The van der Waals surface area contributed by atoms with Gasteiger partial charge in [0, 0.05) is 43.8 Å². The quantitative estimate of drug-likeness (QED) is 0.264. The van der Waals surface area contributed by atoms with E-state index in [1.165, 1.54) is 10.9 Å². The number of rotatable bonds is 8. The molecule has 0 radical (unpaired) electrons. The molecule has 0 aliphatic rings. The molecule has 0 aliphatic heterocycles. The van der Waals surface area contributed by atoms with E-state index in [0.29, 0.717) is 12.5 Å². The molecule has 3 aromatic rings. The van der Waals surface area contributed by atoms with E-state index in [2.05, 4.69) is 37.5 Å². The molecule has 7 nitrogen and oxygen atoms in total. The maximum Gasteiger partial charge on any atom is 0.240 e. The lowest BCUT2D eigenvalue weighted by atomic mass is 10.1. The van der Waals surface area contributed by atoms with Crippen molar-refractivity contribution in [3.63, 3.8) is 0 Å². The monoisotopic (exact) mass is 399 g/mol. The molecule has 0 spiro atoms. The number of aromatic amines is 1. The van der Waals surface area contributed by atoms with Gasteiger partial charge in [0.05, 0.1) is 4.90 Å². The molecule has 1 aromatic heterocycles. The van der Waals surface area contributed by atoms with Crippen LogP contribution in [-0.4, -0.2) is 46.0 Å². The van der Waals surface area contributed by atoms with E-state index in [1.54, 1.807) is 37.4 Å². The summed E-state index contributed by atoms with van der Waals surface area (Å²) in [6, 6.07) is 16.5. The molecular weight excluding hydrogens is 374 g/mol. The second kappa shape index (κ2) is 9.38. The Bertz CT molecular complexity index is 1030. The second-order valence-electron chi connectivity index (χ2n) is 6.25. The van der Waals surface area contributed by atoms with Crippen LogP contribution >= 0.6 is 0 Å². The van der Waals surface area contributed by atoms with Crippen molar-refractivity contribution >= 4 is 26.9 Å². The number of hydrogen-bond acceptors (Lipinski definition) is 3. The molecule has 0 amide bonds. The summed E-state index contributed by atoms with van der Waals surface area (Å²) in [6.45, 7) is 1.41. The van der Waals surface area contributed by atoms with Gasteiger partial charge in [-0.25, -0.2) is 13.1 Å². The summed E-state index contributed by atoms with van der Waals surface area (Å²) in [5.74, 6) is 0.638. The summed E-state index contributed by atoms with van der Waals surface area (Å²) < 4.78 is 26.9. The maximum absolute atomic E-state index is 12.2. The van der Waals surface area contributed by atoms with Crippen LogP contribution in [0, 0.1) is 0 Å². The van der Waals surface area contributed by atoms with Crippen LogP contribution < -0.4 is 15.4 Å². The Labute approximate surface area is 165 Å². The minimum atomic E-state index is -3.49. The summed E-state index contributed by atoms with van der Waals surface area (Å²) >= 11 is 0. The SMILES string of the molecule is CN=C(NCCNS(=O)(=O)c1ccccc1)NCCc1c[nH]c2ccccc12. The third-order valence-corrected chi connectivity index (χ3v) is 5.83. The topological polar surface area (TPSA) is 98.4 Å². The first-order chi connectivity index (χ1) is 13.6. The van der Waals surface area contributed by atoms with Crippen LogP contribution in [0.2, 0.25) is 0 Å². The maximum atomic E-state index is 12.2. The molecule has 3 rings (SSSR count). The Morgan fingerprint density at radius 1 is 0.964 bits per heavy atom. The molecule has 8 heteroatoms. The van der Waals surface area contributed by atoms with Crippen LogP contribution in [-0.2, 0) is 16.4 Å². The highest BCUT2D eigenvalue weighted by atomic mass is 32.2. The summed E-state index contributed by atoms with van der Waals surface area (Å²) in [7, 11) is -1.80. The molecule has 0 aliphatic carbocycles. The first kappa shape index (κ1) is 19.9. The number of aliphatic imine (C=N–C) groups is 1. The van der Waals surface area contributed by atoms with Gasteiger partial charge in [-0.3, -0.25) is 4.99 Å². The van der Waals surface area contributed by atoms with E-state index in [0.717, 1.165) is 18.5 Å². The third-order valence-electron chi connectivity index (χ3n) is 4.35. The van der Waals surface area contributed by atoms with Crippen LogP contribution in [0.15, 0.2) is 70.7 Å². The fourth-order valence-electron chi connectivity index (χ4n) is 2.92. The fourth-order valence-corrected chi connectivity index (χ4v) is 3.98. The van der Waals surface area contributed by atoms with Crippen LogP contribution in [0.3, 0.4) is 0 Å². The van der Waals surface area contributed by atoms with Gasteiger partial charge >= 0.3 is 0 Å². The highest BCUT2D eigenvalue weighted by Gasteiger charge is 2.12. The number of aromatic nitrogens is 1. The van der Waals surface area contributed by atoms with Gasteiger partial charge in [-0.2, -0.15) is 0 Å². The zero-order valence-corrected chi connectivity index (χ0v) is 16.6. The zero-order chi connectivity index (χ0) is 19.8. The molecule has 0 unspecified atom stereocenters. The third kappa shape index (κ3) is 5.11. The van der Waals surface area contributed by atoms with Crippen molar-refractivity contribution in [3.05, 3.63) is 66.4 Å². The standard InChI is InChI=1S/C20H25N5O2S/c1-21-20(22-12-11-16-15-24-19-10-6-5-9-18(16)19)23-13-14-25-28(26,27)17-7-3-2-4-8-17/h2-10,15,24-25H,11-14H2,1H3,(H2,21,22,23). The van der Waals surface area contributed by atoms with E-state index in [9.17, 15) is 8.42 Å². The van der Waals surface area contributed by atoms with Crippen LogP contribution in [0.25, 0.3) is 10.9 Å². The Hall–Kier alpha value is -2.84. The average molecular weight is 400 g/mol. The summed E-state index contributed by atoms with van der Waals surface area (Å²) in [4.78, 5) is 7.70. The van der Waals surface area contributed by atoms with Gasteiger partial charge in [-0.15, -0.1) is 0 Å². The van der Waals surface area contributed by atoms with Gasteiger partial charge in [-0.05, 0) is 30.2 Å². The lowest BCUT2D eigenvalue weighted by Gasteiger charge is -2.12. The number of fused-ring (bicyclic) bond motifs is 1. The number of nitrogens with one attached hydrogen (secondary N) is 4. The molecule has 2 aromatic carbocycles. The molecular formula is C20H25N5O2S. The van der Waals surface area contributed by atoms with Crippen molar-refractivity contribution in [2.45, 2.75) is 11.3 Å². The first-order valence-corrected chi connectivity index (χ1v) is 10.6. The molecule has 0 atom stereocenters. The number of nitrogens with zero attached hydrogens (tertiary/aromatic N) is 1. The van der Waals surface area contributed by atoms with E-state index in [1.807, 2.05) is 18.3 Å². The molecule has 28 heavy (non-hydrogen) atoms. The summed E-state index contributed by atoms with van der Waals surface area (Å²) in [5.41, 5.74) is 2.37. The summed E-state index contributed by atoms with van der Waals surface area (Å²) in [5, 5.41) is 7.59. The zero-order valence-electron chi connectivity index (χ0n) is 15.8. The second-order valence-corrected chi connectivity index (χ2v) is 8.01. The predicted octanol–water partition coefficient (Wildman–Crippen LogP) is 1.85. The highest BCUT2D eigenvalue weighted by Crippen LogP contribution is 2.17. The Kier molecular flexibility index (Phi) is 6.67. The van der Waals surface area contributed by atoms with E-state index >= 15 is 0 Å². The number of para-hydroxylation sites is 1. The van der Waals surface area contributed by atoms with Crippen LogP contribution in [0.4, 0.5) is 0 Å².